The van der Waals surface area contributed by atoms with E-state index < -0.39 is 0 Å². The molecule has 1 aromatic carbocycles. The van der Waals surface area contributed by atoms with E-state index in [1.54, 1.807) is 0 Å². The number of nitrogens with two attached hydrogens (primary N) is 1. The van der Waals surface area contributed by atoms with Crippen LogP contribution < -0.4 is 10.6 Å². The van der Waals surface area contributed by atoms with Crippen molar-refractivity contribution in [3.05, 3.63) is 29.8 Å². The van der Waals surface area contributed by atoms with Gasteiger partial charge in [0, 0.05) is 25.3 Å². The van der Waals surface area contributed by atoms with Crippen molar-refractivity contribution in [1.29, 1.82) is 0 Å². The van der Waals surface area contributed by atoms with E-state index in [0.29, 0.717) is 6.54 Å². The van der Waals surface area contributed by atoms with Gasteiger partial charge in [-0.25, -0.2) is 0 Å². The number of rotatable bonds is 2. The Morgan fingerprint density at radius 1 is 1.35 bits per heavy atom. The number of carbonyl (C=O) groups is 1. The molecule has 1 aliphatic heterocycles. The van der Waals surface area contributed by atoms with E-state index in [1.807, 2.05) is 48.0 Å². The van der Waals surface area contributed by atoms with Crippen LogP contribution >= 0.6 is 0 Å². The molecule has 1 saturated heterocycles. The molecule has 4 heteroatoms. The third-order valence-electron chi connectivity index (χ3n) is 3.39. The molecule has 2 rings (SSSR count). The zero-order valence-electron chi connectivity index (χ0n) is 10.4. The van der Waals surface area contributed by atoms with Gasteiger partial charge in [0.05, 0.1) is 0 Å². The normalized spacial score (nSPS) is 21.9. The van der Waals surface area contributed by atoms with Crippen LogP contribution in [0.25, 0.3) is 0 Å². The Balaban J connectivity index is 2.28. The van der Waals surface area contributed by atoms with Crippen LogP contribution in [-0.4, -0.2) is 43.5 Å². The molecule has 17 heavy (non-hydrogen) atoms. The highest BCUT2D eigenvalue weighted by Gasteiger charge is 2.32. The predicted octanol–water partition coefficient (Wildman–Crippen LogP) is 0.601. The third-order valence-corrected chi connectivity index (χ3v) is 3.39. The molecule has 1 fully saturated rings. The summed E-state index contributed by atoms with van der Waals surface area (Å²) in [6, 6.07) is 7.78. The van der Waals surface area contributed by atoms with Crippen molar-refractivity contribution in [1.82, 2.24) is 4.90 Å². The van der Waals surface area contributed by atoms with Crippen LogP contribution in [0, 0.1) is 6.92 Å². The number of piperazine rings is 1. The molecule has 1 atom stereocenters. The molecule has 1 unspecified atom stereocenters. The van der Waals surface area contributed by atoms with Gasteiger partial charge < -0.3 is 10.6 Å². The molecule has 0 bridgehead atoms. The quantitative estimate of drug-likeness (QED) is 0.814. The van der Waals surface area contributed by atoms with Gasteiger partial charge in [-0.3, -0.25) is 9.69 Å². The number of likely N-dealkylation sites (N-methyl/N-ethyl adjacent to an activating group) is 1. The maximum absolute atomic E-state index is 12.3. The maximum Gasteiger partial charge on any atom is 0.245 e. The fourth-order valence-electron chi connectivity index (χ4n) is 2.28. The first-order valence-corrected chi connectivity index (χ1v) is 5.92. The van der Waals surface area contributed by atoms with Crippen molar-refractivity contribution in [2.24, 2.45) is 5.73 Å². The summed E-state index contributed by atoms with van der Waals surface area (Å²) in [7, 11) is 1.95. The molecule has 0 radical (unpaired) electrons. The molecule has 1 aliphatic rings. The molecular formula is C13H19N3O. The van der Waals surface area contributed by atoms with Crippen molar-refractivity contribution in [3.63, 3.8) is 0 Å². The van der Waals surface area contributed by atoms with Gasteiger partial charge in [-0.15, -0.1) is 0 Å². The summed E-state index contributed by atoms with van der Waals surface area (Å²) in [5.41, 5.74) is 7.80. The van der Waals surface area contributed by atoms with E-state index in [2.05, 4.69) is 0 Å². The average Bonchev–Trinajstić information content (AvgIpc) is 2.31. The minimum atomic E-state index is -0.191. The second-order valence-electron chi connectivity index (χ2n) is 4.51. The summed E-state index contributed by atoms with van der Waals surface area (Å²) in [6.07, 6.45) is 0. The number of para-hydroxylation sites is 1. The minimum Gasteiger partial charge on any atom is -0.328 e. The molecule has 0 aromatic heterocycles. The number of nitrogens with zero attached hydrogens (tertiary/aromatic N) is 2. The largest absolute Gasteiger partial charge is 0.328 e. The van der Waals surface area contributed by atoms with Gasteiger partial charge in [0.25, 0.3) is 0 Å². The van der Waals surface area contributed by atoms with Crippen molar-refractivity contribution >= 4 is 11.6 Å². The Bertz CT molecular complexity index is 419. The molecule has 1 heterocycles. The molecule has 0 aliphatic carbocycles. The van der Waals surface area contributed by atoms with Crippen molar-refractivity contribution in [2.45, 2.75) is 13.0 Å². The van der Waals surface area contributed by atoms with E-state index in [0.717, 1.165) is 24.3 Å². The van der Waals surface area contributed by atoms with Crippen LogP contribution in [0.3, 0.4) is 0 Å². The van der Waals surface area contributed by atoms with Gasteiger partial charge in [-0.1, -0.05) is 18.2 Å². The SMILES string of the molecule is Cc1ccccc1N1CCN(C)C(CN)C1=O. The number of carbonyl (C=O) groups excluding carboxylic acids is 1. The lowest BCUT2D eigenvalue weighted by Crippen LogP contribution is -2.58. The summed E-state index contributed by atoms with van der Waals surface area (Å²) in [5.74, 6) is 0.107. The summed E-state index contributed by atoms with van der Waals surface area (Å²) < 4.78 is 0. The van der Waals surface area contributed by atoms with E-state index in [1.165, 1.54) is 0 Å². The zero-order chi connectivity index (χ0) is 12.4. The number of aryl methyl sites for hydroxylation is 1. The summed E-state index contributed by atoms with van der Waals surface area (Å²) in [4.78, 5) is 16.2. The maximum atomic E-state index is 12.3. The van der Waals surface area contributed by atoms with Crippen LogP contribution in [0.5, 0.6) is 0 Å². The fourth-order valence-corrected chi connectivity index (χ4v) is 2.28. The fraction of sp³-hybridized carbons (Fsp3) is 0.462. The lowest BCUT2D eigenvalue weighted by atomic mass is 10.1. The second kappa shape index (κ2) is 4.85. The van der Waals surface area contributed by atoms with Crippen molar-refractivity contribution < 1.29 is 4.79 Å². The van der Waals surface area contributed by atoms with E-state index in [9.17, 15) is 4.79 Å². The number of hydrogen-bond donors (Lipinski definition) is 1. The molecule has 2 N–H and O–H groups in total. The Morgan fingerprint density at radius 2 is 2.06 bits per heavy atom. The van der Waals surface area contributed by atoms with Crippen molar-refractivity contribution in [3.8, 4) is 0 Å². The molecule has 0 spiro atoms. The van der Waals surface area contributed by atoms with Gasteiger partial charge in [0.2, 0.25) is 5.91 Å². The monoisotopic (exact) mass is 233 g/mol. The summed E-state index contributed by atoms with van der Waals surface area (Å²) in [6.45, 7) is 3.99. The highest BCUT2D eigenvalue weighted by atomic mass is 16.2. The molecule has 0 saturated carbocycles. The van der Waals surface area contributed by atoms with Crippen LogP contribution in [0.15, 0.2) is 24.3 Å². The first-order valence-electron chi connectivity index (χ1n) is 5.92. The minimum absolute atomic E-state index is 0.107. The Kier molecular flexibility index (Phi) is 3.45. The summed E-state index contributed by atoms with van der Waals surface area (Å²) in [5, 5.41) is 0. The Hall–Kier alpha value is -1.39. The molecule has 92 valence electrons. The van der Waals surface area contributed by atoms with Gasteiger partial charge >= 0.3 is 0 Å². The van der Waals surface area contributed by atoms with E-state index >= 15 is 0 Å². The van der Waals surface area contributed by atoms with Crippen molar-refractivity contribution in [2.75, 3.05) is 31.6 Å². The topological polar surface area (TPSA) is 49.6 Å². The van der Waals surface area contributed by atoms with Crippen LogP contribution in [-0.2, 0) is 4.79 Å². The van der Waals surface area contributed by atoms with E-state index in [-0.39, 0.29) is 11.9 Å². The Labute approximate surface area is 102 Å². The predicted molar refractivity (Wildman–Crippen MR) is 69.0 cm³/mol. The molecular weight excluding hydrogens is 214 g/mol. The zero-order valence-corrected chi connectivity index (χ0v) is 10.4. The van der Waals surface area contributed by atoms with Gasteiger partial charge in [-0.05, 0) is 25.6 Å². The second-order valence-corrected chi connectivity index (χ2v) is 4.51. The lowest BCUT2D eigenvalue weighted by molar-refractivity contribution is -0.124. The number of benzene rings is 1. The van der Waals surface area contributed by atoms with Gasteiger partial charge in [-0.2, -0.15) is 0 Å². The van der Waals surface area contributed by atoms with Gasteiger partial charge in [0.1, 0.15) is 6.04 Å². The first-order chi connectivity index (χ1) is 8.15. The van der Waals surface area contributed by atoms with Crippen LogP contribution in [0.1, 0.15) is 5.56 Å². The average molecular weight is 233 g/mol. The number of amides is 1. The molecule has 4 nitrogen and oxygen atoms in total. The number of hydrogen-bond acceptors (Lipinski definition) is 3. The van der Waals surface area contributed by atoms with Crippen LogP contribution in [0.2, 0.25) is 0 Å². The van der Waals surface area contributed by atoms with Crippen LogP contribution in [0.4, 0.5) is 5.69 Å². The molecule has 1 aromatic rings. The Morgan fingerprint density at radius 3 is 2.71 bits per heavy atom. The third kappa shape index (κ3) is 2.18. The standard InChI is InChI=1S/C13H19N3O/c1-10-5-3-4-6-11(10)16-8-7-15(2)12(9-14)13(16)17/h3-6,12H,7-9,14H2,1-2H3. The number of anilines is 1. The van der Waals surface area contributed by atoms with Gasteiger partial charge in [0.15, 0.2) is 0 Å². The van der Waals surface area contributed by atoms with E-state index in [4.69, 9.17) is 5.73 Å². The highest BCUT2D eigenvalue weighted by Crippen LogP contribution is 2.22. The summed E-state index contributed by atoms with van der Waals surface area (Å²) >= 11 is 0. The smallest absolute Gasteiger partial charge is 0.245 e. The lowest BCUT2D eigenvalue weighted by Gasteiger charge is -2.38. The molecule has 1 amide bonds. The first kappa shape index (κ1) is 12.1. The highest BCUT2D eigenvalue weighted by molar-refractivity contribution is 5.98.